The average Bonchev–Trinajstić information content (AvgIpc) is 3.07. The topological polar surface area (TPSA) is 42.0 Å². The third kappa shape index (κ3) is 2.94. The predicted molar refractivity (Wildman–Crippen MR) is 96.4 cm³/mol. The molecule has 1 aromatic rings. The Balaban J connectivity index is 1.52. The molecule has 3 aliphatic heterocycles. The van der Waals surface area contributed by atoms with Crippen molar-refractivity contribution in [2.24, 2.45) is 5.92 Å². The first-order valence-electron chi connectivity index (χ1n) is 9.48. The van der Waals surface area contributed by atoms with Gasteiger partial charge in [0, 0.05) is 44.1 Å². The number of carbonyl (C=O) groups excluding carboxylic acids is 1. The molecule has 2 saturated heterocycles. The minimum absolute atomic E-state index is 0.112. The van der Waals surface area contributed by atoms with Crippen molar-refractivity contribution in [2.75, 3.05) is 40.5 Å². The molecule has 0 radical (unpaired) electrons. The lowest BCUT2D eigenvalue weighted by atomic mass is 9.85. The van der Waals surface area contributed by atoms with Crippen molar-refractivity contribution in [2.45, 2.75) is 37.8 Å². The number of halogens is 1. The summed E-state index contributed by atoms with van der Waals surface area (Å²) in [6, 6.07) is 4.81. The lowest BCUT2D eigenvalue weighted by Crippen LogP contribution is -2.51. The third-order valence-corrected chi connectivity index (χ3v) is 6.23. The van der Waals surface area contributed by atoms with Crippen molar-refractivity contribution in [3.05, 3.63) is 23.3 Å². The lowest BCUT2D eigenvalue weighted by molar-refractivity contribution is -0.131. The van der Waals surface area contributed by atoms with Gasteiger partial charge in [0.25, 0.3) is 0 Å². The van der Waals surface area contributed by atoms with Gasteiger partial charge in [0.1, 0.15) is 0 Å². The van der Waals surface area contributed by atoms with Crippen LogP contribution in [-0.2, 0) is 11.2 Å². The number of amides is 1. The molecule has 0 spiro atoms. The number of rotatable bonds is 4. The second-order valence-electron chi connectivity index (χ2n) is 7.67. The Morgan fingerprint density at radius 2 is 1.92 bits per heavy atom. The summed E-state index contributed by atoms with van der Waals surface area (Å²) in [5.41, 5.74) is 2.65. The van der Waals surface area contributed by atoms with Crippen LogP contribution in [0, 0.1) is 5.92 Å². The number of piperidine rings is 1. The van der Waals surface area contributed by atoms with Gasteiger partial charge in [0.2, 0.25) is 5.91 Å². The minimum Gasteiger partial charge on any atom is -0.493 e. The van der Waals surface area contributed by atoms with Crippen molar-refractivity contribution >= 4 is 5.91 Å². The van der Waals surface area contributed by atoms with E-state index in [2.05, 4.69) is 17.0 Å². The molecule has 1 aromatic carbocycles. The van der Waals surface area contributed by atoms with Gasteiger partial charge in [-0.25, -0.2) is 0 Å². The molecule has 4 rings (SSSR count). The van der Waals surface area contributed by atoms with Crippen molar-refractivity contribution in [1.29, 1.82) is 0 Å². The van der Waals surface area contributed by atoms with E-state index in [0.717, 1.165) is 43.9 Å². The third-order valence-electron chi connectivity index (χ3n) is 6.23. The van der Waals surface area contributed by atoms with Gasteiger partial charge >= 0.3 is 0 Å². The Kier molecular flexibility index (Phi) is 4.78. The molecule has 0 aromatic heterocycles. The second-order valence-corrected chi connectivity index (χ2v) is 7.67. The van der Waals surface area contributed by atoms with E-state index in [0.29, 0.717) is 19.0 Å². The summed E-state index contributed by atoms with van der Waals surface area (Å²) in [4.78, 5) is 16.7. The van der Waals surface area contributed by atoms with Crippen LogP contribution in [0.3, 0.4) is 0 Å². The molecule has 26 heavy (non-hydrogen) atoms. The second kappa shape index (κ2) is 7.06. The number of likely N-dealkylation sites (tertiary alicyclic amines) is 1. The van der Waals surface area contributed by atoms with E-state index in [4.69, 9.17) is 9.47 Å². The van der Waals surface area contributed by atoms with E-state index in [1.54, 1.807) is 14.2 Å². The van der Waals surface area contributed by atoms with Crippen LogP contribution in [0.15, 0.2) is 12.1 Å². The Morgan fingerprint density at radius 3 is 2.62 bits per heavy atom. The Hall–Kier alpha value is -1.82. The first kappa shape index (κ1) is 17.6. The van der Waals surface area contributed by atoms with Gasteiger partial charge in [0.05, 0.1) is 20.9 Å². The van der Waals surface area contributed by atoms with Crippen LogP contribution >= 0.6 is 0 Å². The molecule has 1 amide bonds. The molecule has 3 aliphatic rings. The summed E-state index contributed by atoms with van der Waals surface area (Å²) in [6.07, 6.45) is 3.33. The summed E-state index contributed by atoms with van der Waals surface area (Å²) < 4.78 is 23.9. The monoisotopic (exact) mass is 362 g/mol. The first-order valence-corrected chi connectivity index (χ1v) is 9.48. The molecular formula is C20H27FN2O3. The Morgan fingerprint density at radius 1 is 1.15 bits per heavy atom. The number of nitrogens with zero attached hydrogens (tertiary/aromatic N) is 2. The smallest absolute Gasteiger partial charge is 0.223 e. The SMILES string of the molecule is COc1cc2c(cc1OC)C1CCC(N3CC(CF)CC3=O)CN1CC2. The van der Waals surface area contributed by atoms with Crippen LogP contribution in [0.2, 0.25) is 0 Å². The van der Waals surface area contributed by atoms with Crippen LogP contribution in [-0.4, -0.2) is 62.3 Å². The van der Waals surface area contributed by atoms with Gasteiger partial charge in [-0.1, -0.05) is 0 Å². The maximum Gasteiger partial charge on any atom is 0.223 e. The lowest BCUT2D eigenvalue weighted by Gasteiger charge is -2.46. The van der Waals surface area contributed by atoms with E-state index >= 15 is 0 Å². The highest BCUT2D eigenvalue weighted by Crippen LogP contribution is 2.42. The zero-order valence-corrected chi connectivity index (χ0v) is 15.5. The van der Waals surface area contributed by atoms with Crippen molar-refractivity contribution < 1.29 is 18.7 Å². The van der Waals surface area contributed by atoms with E-state index < -0.39 is 6.67 Å². The number of benzene rings is 1. The van der Waals surface area contributed by atoms with Gasteiger partial charge in [-0.3, -0.25) is 14.1 Å². The van der Waals surface area contributed by atoms with Crippen molar-refractivity contribution in [3.8, 4) is 11.5 Å². The average molecular weight is 362 g/mol. The van der Waals surface area contributed by atoms with Crippen LogP contribution in [0.5, 0.6) is 11.5 Å². The molecule has 142 valence electrons. The maximum atomic E-state index is 13.0. The van der Waals surface area contributed by atoms with Crippen LogP contribution in [0.1, 0.15) is 36.4 Å². The fourth-order valence-corrected chi connectivity index (χ4v) is 4.87. The van der Waals surface area contributed by atoms with Gasteiger partial charge in [-0.15, -0.1) is 0 Å². The zero-order valence-electron chi connectivity index (χ0n) is 15.5. The number of methoxy groups -OCH3 is 2. The van der Waals surface area contributed by atoms with Gasteiger partial charge in [0.15, 0.2) is 11.5 Å². The molecule has 3 unspecified atom stereocenters. The van der Waals surface area contributed by atoms with E-state index in [1.165, 1.54) is 11.1 Å². The maximum absolute atomic E-state index is 13.0. The van der Waals surface area contributed by atoms with E-state index in [1.807, 2.05) is 4.90 Å². The molecule has 5 nitrogen and oxygen atoms in total. The molecule has 0 bridgehead atoms. The summed E-state index contributed by atoms with van der Waals surface area (Å²) in [5.74, 6) is 1.57. The number of carbonyl (C=O) groups is 1. The largest absolute Gasteiger partial charge is 0.493 e. The number of alkyl halides is 1. The molecule has 6 heteroatoms. The van der Waals surface area contributed by atoms with Crippen molar-refractivity contribution in [1.82, 2.24) is 9.80 Å². The quantitative estimate of drug-likeness (QED) is 0.826. The predicted octanol–water partition coefficient (Wildman–Crippen LogP) is 2.58. The van der Waals surface area contributed by atoms with Gasteiger partial charge < -0.3 is 14.4 Å². The molecule has 0 N–H and O–H groups in total. The Labute approximate surface area is 154 Å². The van der Waals surface area contributed by atoms with Crippen LogP contribution in [0.4, 0.5) is 4.39 Å². The van der Waals surface area contributed by atoms with E-state index in [9.17, 15) is 9.18 Å². The highest BCUT2D eigenvalue weighted by molar-refractivity contribution is 5.79. The summed E-state index contributed by atoms with van der Waals surface area (Å²) in [7, 11) is 3.34. The fourth-order valence-electron chi connectivity index (χ4n) is 4.87. The number of hydrogen-bond acceptors (Lipinski definition) is 4. The number of fused-ring (bicyclic) bond motifs is 3. The van der Waals surface area contributed by atoms with Crippen LogP contribution < -0.4 is 9.47 Å². The fraction of sp³-hybridized carbons (Fsp3) is 0.650. The van der Waals surface area contributed by atoms with Gasteiger partial charge in [-0.2, -0.15) is 0 Å². The first-order chi connectivity index (χ1) is 12.6. The molecule has 0 aliphatic carbocycles. The van der Waals surface area contributed by atoms with Crippen molar-refractivity contribution in [3.63, 3.8) is 0 Å². The number of hydrogen-bond donors (Lipinski definition) is 0. The number of ether oxygens (including phenoxy) is 2. The molecule has 3 heterocycles. The summed E-state index contributed by atoms with van der Waals surface area (Å²) in [5, 5.41) is 0. The highest BCUT2D eigenvalue weighted by Gasteiger charge is 2.40. The van der Waals surface area contributed by atoms with Gasteiger partial charge in [-0.05, 0) is 42.5 Å². The standard InChI is InChI=1S/C20H27FN2O3/c1-25-18-8-14-5-6-22-12-15(23-11-13(10-21)7-20(23)24)3-4-17(22)16(14)9-19(18)26-2/h8-9,13,15,17H,3-7,10-12H2,1-2H3. The Bertz CT molecular complexity index is 696. The normalized spacial score (nSPS) is 28.7. The summed E-state index contributed by atoms with van der Waals surface area (Å²) >= 11 is 0. The molecule has 2 fully saturated rings. The minimum atomic E-state index is -0.393. The highest BCUT2D eigenvalue weighted by atomic mass is 19.1. The molecule has 0 saturated carbocycles. The van der Waals surface area contributed by atoms with E-state index in [-0.39, 0.29) is 17.9 Å². The van der Waals surface area contributed by atoms with Crippen LogP contribution in [0.25, 0.3) is 0 Å². The molecule has 3 atom stereocenters. The zero-order chi connectivity index (χ0) is 18.3. The summed E-state index contributed by atoms with van der Waals surface area (Å²) in [6.45, 7) is 2.05. The molecular weight excluding hydrogens is 335 g/mol.